The molecule has 6 heteroatoms. The number of ether oxygens (including phenoxy) is 1. The van der Waals surface area contributed by atoms with Crippen LogP contribution in [0.5, 0.6) is 0 Å². The molecular weight excluding hydrogens is 278 g/mol. The molecule has 1 N–H and O–H groups in total. The Morgan fingerprint density at radius 2 is 2.11 bits per heavy atom. The summed E-state index contributed by atoms with van der Waals surface area (Å²) in [7, 11) is 2.06. The number of likely N-dealkylation sites (N-methyl/N-ethyl adjacent to an activating group) is 1. The maximum absolute atomic E-state index is 13.2. The molecule has 1 aromatic rings. The van der Waals surface area contributed by atoms with Crippen molar-refractivity contribution in [3.8, 4) is 0 Å². The van der Waals surface area contributed by atoms with Crippen molar-refractivity contribution in [1.82, 2.24) is 4.90 Å². The van der Waals surface area contributed by atoms with Crippen LogP contribution in [0, 0.1) is 5.82 Å². The number of morpholine rings is 1. The summed E-state index contributed by atoms with van der Waals surface area (Å²) in [6.45, 7) is 3.19. The van der Waals surface area contributed by atoms with Crippen molar-refractivity contribution in [3.05, 3.63) is 28.0 Å². The minimum absolute atomic E-state index is 0.0201. The lowest BCUT2D eigenvalue weighted by Crippen LogP contribution is -2.43. The number of nitrogens with one attached hydrogen (secondary N) is 1. The van der Waals surface area contributed by atoms with E-state index < -0.39 is 5.82 Å². The van der Waals surface area contributed by atoms with E-state index in [1.165, 1.54) is 12.1 Å². The lowest BCUT2D eigenvalue weighted by atomic mass is 10.2. The van der Waals surface area contributed by atoms with E-state index >= 15 is 0 Å². The predicted octanol–water partition coefficient (Wildman–Crippen LogP) is 2.88. The Balaban J connectivity index is 1.94. The van der Waals surface area contributed by atoms with Crippen LogP contribution in [0.25, 0.3) is 0 Å². The topological polar surface area (TPSA) is 24.5 Å². The third-order valence-corrected chi connectivity index (χ3v) is 3.41. The van der Waals surface area contributed by atoms with Gasteiger partial charge in [-0.1, -0.05) is 23.2 Å². The third kappa shape index (κ3) is 3.48. The molecule has 0 bridgehead atoms. The van der Waals surface area contributed by atoms with E-state index in [0.717, 1.165) is 19.7 Å². The summed E-state index contributed by atoms with van der Waals surface area (Å²) >= 11 is 11.4. The zero-order chi connectivity index (χ0) is 13.1. The Labute approximate surface area is 116 Å². The zero-order valence-electron chi connectivity index (χ0n) is 10.0. The van der Waals surface area contributed by atoms with Gasteiger partial charge in [0.05, 0.1) is 22.8 Å². The minimum atomic E-state index is -0.586. The Bertz CT molecular complexity index is 408. The minimum Gasteiger partial charge on any atom is -0.382 e. The molecule has 0 spiro atoms. The van der Waals surface area contributed by atoms with E-state index in [-0.39, 0.29) is 16.1 Å². The van der Waals surface area contributed by atoms with E-state index in [1.54, 1.807) is 0 Å². The molecule has 18 heavy (non-hydrogen) atoms. The van der Waals surface area contributed by atoms with E-state index in [2.05, 4.69) is 17.3 Å². The average molecular weight is 293 g/mol. The van der Waals surface area contributed by atoms with E-state index in [0.29, 0.717) is 12.2 Å². The van der Waals surface area contributed by atoms with E-state index in [9.17, 15) is 4.39 Å². The normalized spacial score (nSPS) is 21.0. The molecular formula is C12H15Cl2FN2O. The number of nitrogens with zero attached hydrogens (tertiary/aromatic N) is 1. The first-order chi connectivity index (χ1) is 8.56. The van der Waals surface area contributed by atoms with Crippen LogP contribution in [0.2, 0.25) is 10.0 Å². The van der Waals surface area contributed by atoms with E-state index in [1.807, 2.05) is 0 Å². The quantitative estimate of drug-likeness (QED) is 0.867. The standard InChI is InChI=1S/C12H15Cl2FN2O/c1-17-2-3-18-9(7-17)6-16-8-4-10(13)12(15)11(14)5-8/h4-5,9,16H,2-3,6-7H2,1H3. The summed E-state index contributed by atoms with van der Waals surface area (Å²) in [6.07, 6.45) is 0.117. The van der Waals surface area contributed by atoms with Crippen LogP contribution >= 0.6 is 23.2 Å². The van der Waals surface area contributed by atoms with Gasteiger partial charge in [-0.3, -0.25) is 0 Å². The highest BCUT2D eigenvalue weighted by molar-refractivity contribution is 6.35. The summed E-state index contributed by atoms with van der Waals surface area (Å²) < 4.78 is 18.8. The first-order valence-electron chi connectivity index (χ1n) is 5.75. The largest absolute Gasteiger partial charge is 0.382 e. The molecule has 100 valence electrons. The highest BCUT2D eigenvalue weighted by Crippen LogP contribution is 2.27. The predicted molar refractivity (Wildman–Crippen MR) is 72.1 cm³/mol. The van der Waals surface area contributed by atoms with Gasteiger partial charge in [0.2, 0.25) is 0 Å². The van der Waals surface area contributed by atoms with Gasteiger partial charge in [0.25, 0.3) is 0 Å². The molecule has 1 aromatic carbocycles. The van der Waals surface area contributed by atoms with E-state index in [4.69, 9.17) is 27.9 Å². The molecule has 1 aliphatic heterocycles. The fraction of sp³-hybridized carbons (Fsp3) is 0.500. The molecule has 1 atom stereocenters. The van der Waals surface area contributed by atoms with Crippen molar-refractivity contribution in [2.24, 2.45) is 0 Å². The van der Waals surface area contributed by atoms with Crippen molar-refractivity contribution in [2.45, 2.75) is 6.10 Å². The van der Waals surface area contributed by atoms with Gasteiger partial charge in [0, 0.05) is 25.3 Å². The van der Waals surface area contributed by atoms with Crippen LogP contribution in [0.15, 0.2) is 12.1 Å². The van der Waals surface area contributed by atoms with Crippen LogP contribution in [0.1, 0.15) is 0 Å². The van der Waals surface area contributed by atoms with Gasteiger partial charge in [0.1, 0.15) is 0 Å². The van der Waals surface area contributed by atoms with Crippen LogP contribution in [0.3, 0.4) is 0 Å². The average Bonchev–Trinajstić information content (AvgIpc) is 2.33. The van der Waals surface area contributed by atoms with Crippen LogP contribution in [0.4, 0.5) is 10.1 Å². The second-order valence-electron chi connectivity index (χ2n) is 4.39. The Morgan fingerprint density at radius 1 is 1.44 bits per heavy atom. The summed E-state index contributed by atoms with van der Waals surface area (Å²) in [5.41, 5.74) is 0.697. The highest BCUT2D eigenvalue weighted by atomic mass is 35.5. The maximum Gasteiger partial charge on any atom is 0.160 e. The van der Waals surface area contributed by atoms with Crippen molar-refractivity contribution in [2.75, 3.05) is 38.6 Å². The molecule has 3 nitrogen and oxygen atoms in total. The summed E-state index contributed by atoms with van der Waals surface area (Å²) in [5.74, 6) is -0.586. The van der Waals surface area contributed by atoms with Crippen LogP contribution in [-0.2, 0) is 4.74 Å². The lowest BCUT2D eigenvalue weighted by Gasteiger charge is -2.30. The Hall–Kier alpha value is -0.550. The summed E-state index contributed by atoms with van der Waals surface area (Å²) in [6, 6.07) is 3.05. The van der Waals surface area contributed by atoms with Gasteiger partial charge in [-0.05, 0) is 19.2 Å². The van der Waals surface area contributed by atoms with Gasteiger partial charge in [-0.15, -0.1) is 0 Å². The second-order valence-corrected chi connectivity index (χ2v) is 5.20. The Morgan fingerprint density at radius 3 is 2.72 bits per heavy atom. The van der Waals surface area contributed by atoms with Gasteiger partial charge in [-0.25, -0.2) is 4.39 Å². The second kappa shape index (κ2) is 6.06. The number of benzene rings is 1. The highest BCUT2D eigenvalue weighted by Gasteiger charge is 2.17. The van der Waals surface area contributed by atoms with Gasteiger partial charge in [0.15, 0.2) is 5.82 Å². The number of rotatable bonds is 3. The van der Waals surface area contributed by atoms with Gasteiger partial charge < -0.3 is 15.0 Å². The fourth-order valence-electron chi connectivity index (χ4n) is 1.88. The molecule has 1 fully saturated rings. The molecule has 0 amide bonds. The number of hydrogen-bond acceptors (Lipinski definition) is 3. The molecule has 1 saturated heterocycles. The summed E-state index contributed by atoms with van der Waals surface area (Å²) in [4.78, 5) is 2.21. The van der Waals surface area contributed by atoms with Crippen LogP contribution in [-0.4, -0.2) is 44.3 Å². The molecule has 1 heterocycles. The molecule has 0 aliphatic carbocycles. The monoisotopic (exact) mass is 292 g/mol. The third-order valence-electron chi connectivity index (χ3n) is 2.86. The fourth-order valence-corrected chi connectivity index (χ4v) is 2.37. The molecule has 0 saturated carbocycles. The van der Waals surface area contributed by atoms with Gasteiger partial charge in [-0.2, -0.15) is 0 Å². The van der Waals surface area contributed by atoms with Crippen LogP contribution < -0.4 is 5.32 Å². The molecule has 2 rings (SSSR count). The molecule has 1 unspecified atom stereocenters. The maximum atomic E-state index is 13.2. The number of halogens is 3. The zero-order valence-corrected chi connectivity index (χ0v) is 11.6. The number of hydrogen-bond donors (Lipinski definition) is 1. The smallest absolute Gasteiger partial charge is 0.160 e. The molecule has 0 aromatic heterocycles. The van der Waals surface area contributed by atoms with Crippen molar-refractivity contribution in [1.29, 1.82) is 0 Å². The van der Waals surface area contributed by atoms with Crippen molar-refractivity contribution >= 4 is 28.9 Å². The first kappa shape index (κ1) is 13.9. The van der Waals surface area contributed by atoms with Crippen molar-refractivity contribution < 1.29 is 9.13 Å². The molecule has 1 aliphatic rings. The first-order valence-corrected chi connectivity index (χ1v) is 6.50. The summed E-state index contributed by atoms with van der Waals surface area (Å²) in [5, 5.41) is 3.20. The molecule has 0 radical (unpaired) electrons. The Kier molecular flexibility index (Phi) is 4.67. The SMILES string of the molecule is CN1CCOC(CNc2cc(Cl)c(F)c(Cl)c2)C1. The van der Waals surface area contributed by atoms with Crippen molar-refractivity contribution in [3.63, 3.8) is 0 Å². The van der Waals surface area contributed by atoms with Gasteiger partial charge >= 0.3 is 0 Å². The number of anilines is 1. The lowest BCUT2D eigenvalue weighted by molar-refractivity contribution is -0.0117.